The van der Waals surface area contributed by atoms with Crippen molar-refractivity contribution in [2.45, 2.75) is 19.0 Å². The lowest BCUT2D eigenvalue weighted by atomic mass is 9.92. The van der Waals surface area contributed by atoms with Gasteiger partial charge in [-0.15, -0.1) is 0 Å². The van der Waals surface area contributed by atoms with Crippen LogP contribution in [0.3, 0.4) is 0 Å². The highest BCUT2D eigenvalue weighted by molar-refractivity contribution is 6.31. The zero-order valence-corrected chi connectivity index (χ0v) is 22.5. The summed E-state index contributed by atoms with van der Waals surface area (Å²) < 4.78 is 29.6. The third-order valence-electron chi connectivity index (χ3n) is 7.41. The van der Waals surface area contributed by atoms with Gasteiger partial charge in [0.15, 0.2) is 0 Å². The van der Waals surface area contributed by atoms with Gasteiger partial charge in [-0.05, 0) is 84.8 Å². The van der Waals surface area contributed by atoms with Crippen LogP contribution in [0.1, 0.15) is 33.5 Å². The van der Waals surface area contributed by atoms with Crippen LogP contribution in [0, 0.1) is 11.6 Å². The van der Waals surface area contributed by atoms with E-state index in [-0.39, 0.29) is 23.7 Å². The maximum absolute atomic E-state index is 14.8. The molecule has 3 heterocycles. The molecule has 1 saturated heterocycles. The molecular formula is C31H26ClF2N5O. The first-order valence-electron chi connectivity index (χ1n) is 13.0. The molecule has 3 aromatic carbocycles. The molecule has 2 N–H and O–H groups in total. The maximum atomic E-state index is 14.8. The molecule has 0 saturated carbocycles. The molecule has 202 valence electrons. The Bertz CT molecular complexity index is 1620. The van der Waals surface area contributed by atoms with Crippen molar-refractivity contribution in [3.05, 3.63) is 112 Å². The Morgan fingerprint density at radius 2 is 1.77 bits per heavy atom. The number of hydrogen-bond acceptors (Lipinski definition) is 5. The van der Waals surface area contributed by atoms with Crippen LogP contribution in [0.5, 0.6) is 0 Å². The number of aromatic nitrogens is 1. The van der Waals surface area contributed by atoms with E-state index in [0.717, 1.165) is 35.3 Å². The van der Waals surface area contributed by atoms with E-state index in [0.29, 0.717) is 34.6 Å². The van der Waals surface area contributed by atoms with Gasteiger partial charge in [0, 0.05) is 47.2 Å². The van der Waals surface area contributed by atoms with Gasteiger partial charge in [-0.2, -0.15) is 0 Å². The number of likely N-dealkylation sites (tertiary alicyclic amines) is 1. The fourth-order valence-corrected chi connectivity index (χ4v) is 5.44. The first-order chi connectivity index (χ1) is 19.4. The summed E-state index contributed by atoms with van der Waals surface area (Å²) in [7, 11) is 1.91. The number of anilines is 2. The van der Waals surface area contributed by atoms with Gasteiger partial charge >= 0.3 is 0 Å². The Hall–Kier alpha value is -4.14. The van der Waals surface area contributed by atoms with Crippen molar-refractivity contribution in [1.82, 2.24) is 15.2 Å². The number of likely N-dealkylation sites (N-methyl/N-ethyl adjacent to an activating group) is 1. The van der Waals surface area contributed by atoms with Gasteiger partial charge in [0.25, 0.3) is 5.91 Å². The topological polar surface area (TPSA) is 69.6 Å². The molecule has 1 atom stereocenters. The van der Waals surface area contributed by atoms with Crippen LogP contribution in [-0.2, 0) is 6.54 Å². The number of hydrogen-bond donors (Lipinski definition) is 2. The summed E-state index contributed by atoms with van der Waals surface area (Å²) in [5.41, 5.74) is 4.36. The van der Waals surface area contributed by atoms with Gasteiger partial charge in [-0.1, -0.05) is 23.7 Å². The highest BCUT2D eigenvalue weighted by Gasteiger charge is 2.26. The van der Waals surface area contributed by atoms with E-state index in [4.69, 9.17) is 11.6 Å². The molecule has 1 amide bonds. The van der Waals surface area contributed by atoms with Crippen molar-refractivity contribution >= 4 is 34.7 Å². The number of nitrogens with zero attached hydrogens (tertiary/aromatic N) is 3. The van der Waals surface area contributed by atoms with Gasteiger partial charge < -0.3 is 15.5 Å². The molecule has 2 aliphatic rings. The smallest absolute Gasteiger partial charge is 0.253 e. The lowest BCUT2D eigenvalue weighted by molar-refractivity contribution is 0.0789. The molecule has 2 aliphatic heterocycles. The molecule has 0 radical (unpaired) electrons. The minimum atomic E-state index is -0.690. The van der Waals surface area contributed by atoms with Gasteiger partial charge in [0.2, 0.25) is 0 Å². The van der Waals surface area contributed by atoms with Gasteiger partial charge in [-0.3, -0.25) is 9.79 Å². The number of pyridine rings is 1. The van der Waals surface area contributed by atoms with Crippen LogP contribution in [-0.4, -0.2) is 47.7 Å². The fraction of sp³-hybridized carbons (Fsp3) is 0.194. The summed E-state index contributed by atoms with van der Waals surface area (Å²) in [5, 5.41) is 6.96. The summed E-state index contributed by atoms with van der Waals surface area (Å²) >= 11 is 6.32. The van der Waals surface area contributed by atoms with Crippen molar-refractivity contribution < 1.29 is 13.6 Å². The van der Waals surface area contributed by atoms with E-state index in [1.165, 1.54) is 18.2 Å². The van der Waals surface area contributed by atoms with Crippen molar-refractivity contribution in [3.63, 3.8) is 0 Å². The highest BCUT2D eigenvalue weighted by atomic mass is 35.5. The van der Waals surface area contributed by atoms with Crippen LogP contribution < -0.4 is 10.6 Å². The molecular weight excluding hydrogens is 532 g/mol. The van der Waals surface area contributed by atoms with Crippen LogP contribution in [0.15, 0.2) is 77.9 Å². The summed E-state index contributed by atoms with van der Waals surface area (Å²) in [4.78, 5) is 23.9. The van der Waals surface area contributed by atoms with Crippen molar-refractivity contribution in [2.24, 2.45) is 4.99 Å². The van der Waals surface area contributed by atoms with Crippen molar-refractivity contribution in [1.29, 1.82) is 0 Å². The van der Waals surface area contributed by atoms with E-state index >= 15 is 0 Å². The van der Waals surface area contributed by atoms with Crippen LogP contribution in [0.2, 0.25) is 5.02 Å². The standard InChI is InChI=1S/C31H26ClF2N5O/c1-35-22-11-12-39(17-22)31(40)18-5-8-21(9-6-18)38-28-14-24-19(15-36-28)16-37-30(25-13-20(32)7-10-23(24)25)29-26(33)3-2-4-27(29)34/h2-10,13-15,22,35H,11-12,16-17H2,1H3,(H,36,38). The van der Waals surface area contributed by atoms with Gasteiger partial charge in [-0.25, -0.2) is 13.8 Å². The van der Waals surface area contributed by atoms with Crippen molar-refractivity contribution in [3.8, 4) is 11.1 Å². The van der Waals surface area contributed by atoms with E-state index in [1.54, 1.807) is 30.5 Å². The number of rotatable bonds is 5. The predicted molar refractivity (Wildman–Crippen MR) is 153 cm³/mol. The average molecular weight is 558 g/mol. The zero-order valence-electron chi connectivity index (χ0n) is 21.7. The Morgan fingerprint density at radius 3 is 2.50 bits per heavy atom. The van der Waals surface area contributed by atoms with E-state index < -0.39 is 11.6 Å². The van der Waals surface area contributed by atoms with Crippen LogP contribution >= 0.6 is 11.6 Å². The highest BCUT2D eigenvalue weighted by Crippen LogP contribution is 2.36. The second-order valence-corrected chi connectivity index (χ2v) is 10.3. The van der Waals surface area contributed by atoms with Crippen LogP contribution in [0.4, 0.5) is 20.3 Å². The number of fused-ring (bicyclic) bond motifs is 3. The Labute approximate surface area is 235 Å². The first-order valence-corrected chi connectivity index (χ1v) is 13.4. The lowest BCUT2D eigenvalue weighted by Crippen LogP contribution is -2.33. The third kappa shape index (κ3) is 4.96. The summed E-state index contributed by atoms with van der Waals surface area (Å²) in [6.45, 7) is 1.64. The molecule has 6 nitrogen and oxygen atoms in total. The zero-order chi connectivity index (χ0) is 27.8. The number of nitrogens with one attached hydrogen (secondary N) is 2. The number of carbonyl (C=O) groups is 1. The van der Waals surface area contributed by atoms with Gasteiger partial charge in [0.1, 0.15) is 17.5 Å². The molecule has 1 aromatic heterocycles. The van der Waals surface area contributed by atoms with E-state index in [2.05, 4.69) is 20.6 Å². The summed E-state index contributed by atoms with van der Waals surface area (Å²) in [5.74, 6) is -0.783. The van der Waals surface area contributed by atoms with E-state index in [9.17, 15) is 13.6 Å². The summed E-state index contributed by atoms with van der Waals surface area (Å²) in [6.07, 6.45) is 2.66. The molecule has 0 spiro atoms. The minimum absolute atomic E-state index is 0.0183. The number of amides is 1. The second-order valence-electron chi connectivity index (χ2n) is 9.91. The van der Waals surface area contributed by atoms with Crippen molar-refractivity contribution in [2.75, 3.05) is 25.5 Å². The number of carbonyl (C=O) groups excluding carboxylic acids is 1. The molecule has 0 aliphatic carbocycles. The second kappa shape index (κ2) is 10.8. The number of benzene rings is 3. The number of halogens is 3. The predicted octanol–water partition coefficient (Wildman–Crippen LogP) is 6.21. The maximum Gasteiger partial charge on any atom is 0.253 e. The first kappa shape index (κ1) is 26.1. The molecule has 6 rings (SSSR count). The average Bonchev–Trinajstić information content (AvgIpc) is 3.39. The monoisotopic (exact) mass is 557 g/mol. The summed E-state index contributed by atoms with van der Waals surface area (Å²) in [6, 6.07) is 18.5. The van der Waals surface area contributed by atoms with Gasteiger partial charge in [0.05, 0.1) is 17.8 Å². The molecule has 0 bridgehead atoms. The minimum Gasteiger partial charge on any atom is -0.340 e. The number of aliphatic imine (C=N–C) groups is 1. The molecule has 40 heavy (non-hydrogen) atoms. The Kier molecular flexibility index (Phi) is 7.04. The quantitative estimate of drug-likeness (QED) is 0.306. The molecule has 9 heteroatoms. The van der Waals surface area contributed by atoms with Crippen LogP contribution in [0.25, 0.3) is 11.1 Å². The molecule has 1 fully saturated rings. The SMILES string of the molecule is CNC1CCN(C(=O)c2ccc(Nc3cc4c(cn3)CN=C(c3c(F)cccc3F)c3cc(Cl)ccc3-4)cc2)C1. The normalized spacial score (nSPS) is 16.1. The lowest BCUT2D eigenvalue weighted by Gasteiger charge is -2.17. The third-order valence-corrected chi connectivity index (χ3v) is 7.64. The van der Waals surface area contributed by atoms with E-state index in [1.807, 2.05) is 36.2 Å². The Balaban J connectivity index is 1.29. The molecule has 4 aromatic rings. The molecule has 1 unspecified atom stereocenters. The largest absolute Gasteiger partial charge is 0.340 e. The Morgan fingerprint density at radius 1 is 1.00 bits per heavy atom. The fourth-order valence-electron chi connectivity index (χ4n) is 5.27.